The zero-order valence-electron chi connectivity index (χ0n) is 19.6. The molecular weight excluding hydrogens is 378 g/mol. The summed E-state index contributed by atoms with van der Waals surface area (Å²) in [5.41, 5.74) is 4.43. The van der Waals surface area contributed by atoms with Crippen LogP contribution >= 0.6 is 0 Å². The van der Waals surface area contributed by atoms with Gasteiger partial charge in [-0.2, -0.15) is 0 Å². The first kappa shape index (κ1) is 26.2. The number of methoxy groups -OCH3 is 1. The van der Waals surface area contributed by atoms with Crippen LogP contribution in [0, 0.1) is 11.8 Å². The smallest absolute Gasteiger partial charge is 0.202 e. The van der Waals surface area contributed by atoms with Crippen molar-refractivity contribution in [1.29, 1.82) is 0 Å². The topological polar surface area (TPSA) is 78.8 Å². The van der Waals surface area contributed by atoms with Crippen LogP contribution in [0.15, 0.2) is 46.4 Å². The van der Waals surface area contributed by atoms with E-state index in [4.69, 9.17) is 9.84 Å². The molecule has 0 radical (unpaired) electrons. The van der Waals surface area contributed by atoms with E-state index < -0.39 is 6.10 Å². The quantitative estimate of drug-likeness (QED) is 0.408. The first-order valence-electron chi connectivity index (χ1n) is 11.0. The summed E-state index contributed by atoms with van der Waals surface area (Å²) >= 11 is 0. The Morgan fingerprint density at radius 1 is 1.07 bits per heavy atom. The number of rotatable bonds is 12. The van der Waals surface area contributed by atoms with Crippen molar-refractivity contribution in [1.82, 2.24) is 5.32 Å². The van der Waals surface area contributed by atoms with E-state index in [1.807, 2.05) is 6.92 Å². The minimum Gasteiger partial charge on any atom is -0.491 e. The summed E-state index contributed by atoms with van der Waals surface area (Å²) in [6.07, 6.45) is 10.7. The fourth-order valence-corrected chi connectivity index (χ4v) is 3.75. The highest BCUT2D eigenvalue weighted by atomic mass is 16.5. The summed E-state index contributed by atoms with van der Waals surface area (Å²) in [6.45, 7) is 10.6. The van der Waals surface area contributed by atoms with Crippen LogP contribution in [0.25, 0.3) is 0 Å². The Morgan fingerprint density at radius 3 is 2.23 bits per heavy atom. The van der Waals surface area contributed by atoms with E-state index in [9.17, 15) is 9.90 Å². The average Bonchev–Trinajstić information content (AvgIpc) is 2.69. The van der Waals surface area contributed by atoms with Gasteiger partial charge < -0.3 is 20.3 Å². The number of aliphatic hydroxyl groups excluding tert-OH is 2. The molecule has 0 fully saturated rings. The van der Waals surface area contributed by atoms with Crippen molar-refractivity contribution in [2.75, 3.05) is 20.3 Å². The Kier molecular flexibility index (Phi) is 11.7. The molecule has 0 aromatic carbocycles. The summed E-state index contributed by atoms with van der Waals surface area (Å²) in [6, 6.07) is 0. The summed E-state index contributed by atoms with van der Waals surface area (Å²) in [5, 5.41) is 22.9. The van der Waals surface area contributed by atoms with Crippen LogP contribution in [-0.4, -0.2) is 42.4 Å². The van der Waals surface area contributed by atoms with Gasteiger partial charge in [-0.1, -0.05) is 41.9 Å². The molecule has 0 aromatic rings. The van der Waals surface area contributed by atoms with Gasteiger partial charge in [-0.3, -0.25) is 4.79 Å². The molecule has 5 heteroatoms. The monoisotopic (exact) mass is 419 g/mol. The molecule has 0 aromatic heterocycles. The number of hydrogen-bond acceptors (Lipinski definition) is 5. The van der Waals surface area contributed by atoms with Crippen LogP contribution in [0.3, 0.4) is 0 Å². The molecule has 30 heavy (non-hydrogen) atoms. The van der Waals surface area contributed by atoms with E-state index in [1.54, 1.807) is 0 Å². The van der Waals surface area contributed by atoms with Crippen LogP contribution in [0.2, 0.25) is 0 Å². The molecule has 1 aliphatic carbocycles. The number of Topliss-reactive ketones (excluding diaryl/α,β-unsaturated/α-hetero) is 1. The molecular formula is C25H41NO4. The van der Waals surface area contributed by atoms with Crippen LogP contribution in [0.1, 0.15) is 66.7 Å². The highest BCUT2D eigenvalue weighted by molar-refractivity contribution is 5.97. The van der Waals surface area contributed by atoms with E-state index in [-0.39, 0.29) is 36.5 Å². The Labute approximate surface area is 182 Å². The Hall–Kier alpha value is -1.85. The molecule has 1 aliphatic rings. The Morgan fingerprint density at radius 2 is 1.67 bits per heavy atom. The van der Waals surface area contributed by atoms with Gasteiger partial charge in [-0.15, -0.1) is 0 Å². The molecule has 1 rings (SSSR count). The third kappa shape index (κ3) is 8.11. The highest BCUT2D eigenvalue weighted by Crippen LogP contribution is 2.34. The molecule has 0 unspecified atom stereocenters. The average molecular weight is 420 g/mol. The van der Waals surface area contributed by atoms with E-state index in [0.29, 0.717) is 12.1 Å². The molecule has 3 N–H and O–H groups in total. The van der Waals surface area contributed by atoms with Crippen LogP contribution in [0.4, 0.5) is 0 Å². The van der Waals surface area contributed by atoms with Gasteiger partial charge in [0.15, 0.2) is 5.76 Å². The molecule has 170 valence electrons. The maximum absolute atomic E-state index is 12.7. The standard InChI is InChI=1S/C25H41NO4/c1-17(2)9-7-10-18(3)11-8-12-19(4)13-14-21-20(5)23(28)25(30-6)22(24(21)29)26-15-16-27/h9,11,13,20-21,24,26-27,29H,7-8,10,12,14-16H2,1-6H3/b18-11+,19-13+/t20-,21-,24-/m0/s1. The van der Waals surface area contributed by atoms with Crippen LogP contribution in [0.5, 0.6) is 0 Å². The lowest BCUT2D eigenvalue weighted by Gasteiger charge is -2.35. The van der Waals surface area contributed by atoms with Gasteiger partial charge in [0.25, 0.3) is 0 Å². The lowest BCUT2D eigenvalue weighted by atomic mass is 9.76. The SMILES string of the molecule is COC1=C(NCCO)[C@@H](O)[C@@H](C/C=C(\C)CC/C=C(\C)CCC=C(C)C)[C@H](C)C1=O. The van der Waals surface area contributed by atoms with Crippen molar-refractivity contribution < 1.29 is 19.7 Å². The Balaban J connectivity index is 2.70. The van der Waals surface area contributed by atoms with E-state index >= 15 is 0 Å². The van der Waals surface area contributed by atoms with Gasteiger partial charge in [0.05, 0.1) is 19.4 Å². The zero-order valence-corrected chi connectivity index (χ0v) is 19.6. The molecule has 3 atom stereocenters. The number of nitrogens with one attached hydrogen (secondary N) is 1. The van der Waals surface area contributed by atoms with Crippen molar-refractivity contribution in [2.24, 2.45) is 11.8 Å². The minimum absolute atomic E-state index is 0.0814. The van der Waals surface area contributed by atoms with Gasteiger partial charge in [0, 0.05) is 18.4 Å². The molecule has 0 amide bonds. The molecule has 0 saturated carbocycles. The fourth-order valence-electron chi connectivity index (χ4n) is 3.75. The predicted molar refractivity (Wildman–Crippen MR) is 123 cm³/mol. The minimum atomic E-state index is -0.819. The normalized spacial score (nSPS) is 22.9. The van der Waals surface area contributed by atoms with Crippen molar-refractivity contribution >= 4 is 5.78 Å². The first-order chi connectivity index (χ1) is 14.2. The van der Waals surface area contributed by atoms with E-state index in [2.05, 4.69) is 51.2 Å². The van der Waals surface area contributed by atoms with Gasteiger partial charge in [0.2, 0.25) is 5.78 Å². The van der Waals surface area contributed by atoms with Crippen molar-refractivity contribution in [3.8, 4) is 0 Å². The van der Waals surface area contributed by atoms with Gasteiger partial charge in [-0.25, -0.2) is 0 Å². The maximum atomic E-state index is 12.7. The lowest BCUT2D eigenvalue weighted by molar-refractivity contribution is -0.126. The predicted octanol–water partition coefficient (Wildman–Crippen LogP) is 4.43. The van der Waals surface area contributed by atoms with Gasteiger partial charge in [-0.05, 0) is 59.8 Å². The number of carbonyl (C=O) groups is 1. The number of hydrogen-bond donors (Lipinski definition) is 3. The summed E-state index contributed by atoms with van der Waals surface area (Å²) in [5.74, 6) is -0.465. The first-order valence-corrected chi connectivity index (χ1v) is 11.0. The van der Waals surface area contributed by atoms with Gasteiger partial charge >= 0.3 is 0 Å². The summed E-state index contributed by atoms with van der Waals surface area (Å²) < 4.78 is 5.24. The van der Waals surface area contributed by atoms with Crippen molar-refractivity contribution in [3.63, 3.8) is 0 Å². The second kappa shape index (κ2) is 13.5. The van der Waals surface area contributed by atoms with Gasteiger partial charge in [0.1, 0.15) is 6.10 Å². The molecule has 0 aliphatic heterocycles. The number of ether oxygens (including phenoxy) is 1. The number of ketones is 1. The molecule has 0 bridgehead atoms. The van der Waals surface area contributed by atoms with Crippen LogP contribution < -0.4 is 5.32 Å². The van der Waals surface area contributed by atoms with E-state index in [0.717, 1.165) is 25.7 Å². The third-order valence-electron chi connectivity index (χ3n) is 5.72. The van der Waals surface area contributed by atoms with Crippen LogP contribution in [-0.2, 0) is 9.53 Å². The lowest BCUT2D eigenvalue weighted by Crippen LogP contribution is -2.44. The highest BCUT2D eigenvalue weighted by Gasteiger charge is 2.41. The fraction of sp³-hybridized carbons (Fsp3) is 0.640. The molecule has 0 spiro atoms. The van der Waals surface area contributed by atoms with Crippen molar-refractivity contribution in [2.45, 2.75) is 72.8 Å². The molecule has 5 nitrogen and oxygen atoms in total. The van der Waals surface area contributed by atoms with Crippen molar-refractivity contribution in [3.05, 3.63) is 46.4 Å². The zero-order chi connectivity index (χ0) is 22.7. The second-order valence-electron chi connectivity index (χ2n) is 8.55. The molecule has 0 saturated heterocycles. The number of aliphatic hydroxyl groups is 2. The number of carbonyl (C=O) groups excluding carboxylic acids is 1. The Bertz CT molecular complexity index is 683. The second-order valence-corrected chi connectivity index (χ2v) is 8.55. The van der Waals surface area contributed by atoms with E-state index in [1.165, 1.54) is 23.8 Å². The summed E-state index contributed by atoms with van der Waals surface area (Å²) in [4.78, 5) is 12.7. The summed E-state index contributed by atoms with van der Waals surface area (Å²) in [7, 11) is 1.44. The molecule has 0 heterocycles. The third-order valence-corrected chi connectivity index (χ3v) is 5.72. The maximum Gasteiger partial charge on any atom is 0.202 e. The largest absolute Gasteiger partial charge is 0.491 e. The number of allylic oxidation sites excluding steroid dienone is 7.